The summed E-state index contributed by atoms with van der Waals surface area (Å²) in [5.41, 5.74) is 2.05. The van der Waals surface area contributed by atoms with Gasteiger partial charge in [0.25, 0.3) is 0 Å². The van der Waals surface area contributed by atoms with Crippen LogP contribution >= 0.6 is 11.6 Å². The molecule has 0 saturated carbocycles. The number of hydrogen-bond acceptors (Lipinski definition) is 2. The van der Waals surface area contributed by atoms with E-state index in [1.165, 1.54) is 0 Å². The summed E-state index contributed by atoms with van der Waals surface area (Å²) in [6.45, 7) is 5.03. The summed E-state index contributed by atoms with van der Waals surface area (Å²) < 4.78 is 1.85. The molecule has 2 rings (SSSR count). The van der Waals surface area contributed by atoms with Gasteiger partial charge >= 0.3 is 0 Å². The van der Waals surface area contributed by atoms with Crippen molar-refractivity contribution in [3.8, 4) is 5.69 Å². The molecule has 0 radical (unpaired) electrons. The molecule has 0 bridgehead atoms. The highest BCUT2D eigenvalue weighted by molar-refractivity contribution is 6.30. The minimum atomic E-state index is 0.468. The van der Waals surface area contributed by atoms with E-state index < -0.39 is 0 Å². The third-order valence-corrected chi connectivity index (χ3v) is 2.68. The lowest BCUT2D eigenvalue weighted by Crippen LogP contribution is -2.22. The van der Waals surface area contributed by atoms with Crippen LogP contribution in [0.5, 0.6) is 0 Å². The summed E-state index contributed by atoms with van der Waals surface area (Å²) in [6.07, 6.45) is 1.96. The molecule has 0 atom stereocenters. The number of nitrogens with one attached hydrogen (secondary N) is 1. The molecular formula is C13H16ClN3. The molecule has 1 N–H and O–H groups in total. The van der Waals surface area contributed by atoms with Crippen molar-refractivity contribution in [1.29, 1.82) is 0 Å². The Morgan fingerprint density at radius 1 is 1.24 bits per heavy atom. The van der Waals surface area contributed by atoms with Gasteiger partial charge in [0.1, 0.15) is 0 Å². The maximum atomic E-state index is 5.85. The Morgan fingerprint density at radius 3 is 2.59 bits per heavy atom. The smallest absolute Gasteiger partial charge is 0.0766 e. The number of nitrogens with zero attached hydrogens (tertiary/aromatic N) is 2. The molecule has 1 aromatic carbocycles. The van der Waals surface area contributed by atoms with Crippen LogP contribution in [0, 0.1) is 0 Å². The number of hydrogen-bond donors (Lipinski definition) is 1. The van der Waals surface area contributed by atoms with Gasteiger partial charge in [0.05, 0.1) is 11.4 Å². The van der Waals surface area contributed by atoms with Crippen LogP contribution in [0.1, 0.15) is 19.5 Å². The fourth-order valence-electron chi connectivity index (χ4n) is 1.50. The van der Waals surface area contributed by atoms with Crippen molar-refractivity contribution in [3.05, 3.63) is 47.2 Å². The Morgan fingerprint density at radius 2 is 1.94 bits per heavy atom. The maximum absolute atomic E-state index is 5.85. The van der Waals surface area contributed by atoms with E-state index in [9.17, 15) is 0 Å². The second-order valence-corrected chi connectivity index (χ2v) is 4.70. The quantitative estimate of drug-likeness (QED) is 0.903. The van der Waals surface area contributed by atoms with Gasteiger partial charge in [-0.2, -0.15) is 5.10 Å². The van der Waals surface area contributed by atoms with E-state index in [1.54, 1.807) is 0 Å². The first-order valence-corrected chi connectivity index (χ1v) is 6.07. The molecule has 0 unspecified atom stereocenters. The molecule has 0 aliphatic heterocycles. The highest BCUT2D eigenvalue weighted by Gasteiger charge is 2.01. The number of aromatic nitrogens is 2. The molecule has 1 aromatic heterocycles. The van der Waals surface area contributed by atoms with Gasteiger partial charge in [0.15, 0.2) is 0 Å². The Hall–Kier alpha value is -1.32. The molecule has 0 aliphatic rings. The van der Waals surface area contributed by atoms with E-state index >= 15 is 0 Å². The van der Waals surface area contributed by atoms with Crippen LogP contribution in [0.25, 0.3) is 5.69 Å². The second kappa shape index (κ2) is 5.34. The van der Waals surface area contributed by atoms with Crippen molar-refractivity contribution in [3.63, 3.8) is 0 Å². The van der Waals surface area contributed by atoms with Gasteiger partial charge in [-0.1, -0.05) is 25.4 Å². The maximum Gasteiger partial charge on any atom is 0.0766 e. The van der Waals surface area contributed by atoms with Crippen LogP contribution in [0.4, 0.5) is 0 Å². The van der Waals surface area contributed by atoms with Crippen molar-refractivity contribution in [2.45, 2.75) is 26.4 Å². The number of benzene rings is 1. The largest absolute Gasteiger partial charge is 0.309 e. The predicted molar refractivity (Wildman–Crippen MR) is 70.5 cm³/mol. The minimum Gasteiger partial charge on any atom is -0.309 e. The Bertz CT molecular complexity index is 474. The molecule has 0 spiro atoms. The van der Waals surface area contributed by atoms with Gasteiger partial charge in [-0.05, 0) is 30.3 Å². The van der Waals surface area contributed by atoms with Crippen LogP contribution in [0.2, 0.25) is 5.02 Å². The summed E-state index contributed by atoms with van der Waals surface area (Å²) in [6, 6.07) is 10.1. The number of halogens is 1. The molecule has 0 aliphatic carbocycles. The first-order chi connectivity index (χ1) is 8.15. The van der Waals surface area contributed by atoms with E-state index in [4.69, 9.17) is 11.6 Å². The van der Waals surface area contributed by atoms with Gasteiger partial charge in [0.2, 0.25) is 0 Å². The third-order valence-electron chi connectivity index (χ3n) is 2.43. The van der Waals surface area contributed by atoms with Crippen molar-refractivity contribution in [2.24, 2.45) is 0 Å². The summed E-state index contributed by atoms with van der Waals surface area (Å²) in [4.78, 5) is 0. The standard InChI is InChI=1S/C13H16ClN3/c1-10(2)15-9-12-7-8-17(16-12)13-5-3-11(14)4-6-13/h3-8,10,15H,9H2,1-2H3. The van der Waals surface area contributed by atoms with E-state index in [1.807, 2.05) is 41.2 Å². The molecular weight excluding hydrogens is 234 g/mol. The summed E-state index contributed by atoms with van der Waals surface area (Å²) in [7, 11) is 0. The monoisotopic (exact) mass is 249 g/mol. The molecule has 4 heteroatoms. The lowest BCUT2D eigenvalue weighted by molar-refractivity contribution is 0.578. The Kier molecular flexibility index (Phi) is 3.82. The van der Waals surface area contributed by atoms with Crippen molar-refractivity contribution < 1.29 is 0 Å². The number of rotatable bonds is 4. The topological polar surface area (TPSA) is 29.9 Å². The van der Waals surface area contributed by atoms with Crippen LogP contribution < -0.4 is 5.32 Å². The highest BCUT2D eigenvalue weighted by atomic mass is 35.5. The average Bonchev–Trinajstić information content (AvgIpc) is 2.76. The lowest BCUT2D eigenvalue weighted by atomic mass is 10.3. The second-order valence-electron chi connectivity index (χ2n) is 4.26. The molecule has 0 amide bonds. The molecule has 3 nitrogen and oxygen atoms in total. The zero-order valence-electron chi connectivity index (χ0n) is 10.0. The zero-order valence-corrected chi connectivity index (χ0v) is 10.8. The molecule has 90 valence electrons. The normalized spacial score (nSPS) is 11.1. The van der Waals surface area contributed by atoms with Crippen LogP contribution in [0.15, 0.2) is 36.5 Å². The van der Waals surface area contributed by atoms with Crippen LogP contribution in [-0.4, -0.2) is 15.8 Å². The summed E-state index contributed by atoms with van der Waals surface area (Å²) >= 11 is 5.85. The average molecular weight is 250 g/mol. The van der Waals surface area contributed by atoms with Crippen LogP contribution in [0.3, 0.4) is 0 Å². The molecule has 17 heavy (non-hydrogen) atoms. The third kappa shape index (κ3) is 3.32. The van der Waals surface area contributed by atoms with Gasteiger partial charge in [-0.3, -0.25) is 0 Å². The first-order valence-electron chi connectivity index (χ1n) is 5.69. The summed E-state index contributed by atoms with van der Waals surface area (Å²) in [5.74, 6) is 0. The Balaban J connectivity index is 2.10. The van der Waals surface area contributed by atoms with Gasteiger partial charge in [-0.25, -0.2) is 4.68 Å². The first kappa shape index (κ1) is 12.1. The van der Waals surface area contributed by atoms with Crippen molar-refractivity contribution in [2.75, 3.05) is 0 Å². The van der Waals surface area contributed by atoms with Crippen molar-refractivity contribution in [1.82, 2.24) is 15.1 Å². The lowest BCUT2D eigenvalue weighted by Gasteiger charge is -2.05. The fourth-order valence-corrected chi connectivity index (χ4v) is 1.63. The van der Waals surface area contributed by atoms with Gasteiger partial charge in [0, 0.05) is 23.8 Å². The van der Waals surface area contributed by atoms with Crippen LogP contribution in [-0.2, 0) is 6.54 Å². The van der Waals surface area contributed by atoms with E-state index in [0.29, 0.717) is 6.04 Å². The van der Waals surface area contributed by atoms with Gasteiger partial charge in [-0.15, -0.1) is 0 Å². The Labute approximate surface area is 106 Å². The zero-order chi connectivity index (χ0) is 12.3. The fraction of sp³-hybridized carbons (Fsp3) is 0.308. The minimum absolute atomic E-state index is 0.468. The molecule has 0 fully saturated rings. The summed E-state index contributed by atoms with van der Waals surface area (Å²) in [5, 5.41) is 8.57. The highest BCUT2D eigenvalue weighted by Crippen LogP contribution is 2.13. The SMILES string of the molecule is CC(C)NCc1ccn(-c2ccc(Cl)cc2)n1. The van der Waals surface area contributed by atoms with E-state index in [0.717, 1.165) is 22.9 Å². The molecule has 2 aromatic rings. The molecule has 0 saturated heterocycles. The van der Waals surface area contributed by atoms with Crippen molar-refractivity contribution >= 4 is 11.6 Å². The van der Waals surface area contributed by atoms with Gasteiger partial charge < -0.3 is 5.32 Å². The molecule has 1 heterocycles. The van der Waals surface area contributed by atoms with E-state index in [-0.39, 0.29) is 0 Å². The van der Waals surface area contributed by atoms with E-state index in [2.05, 4.69) is 24.3 Å². The predicted octanol–water partition coefficient (Wildman–Crippen LogP) is 3.02.